The first-order chi connectivity index (χ1) is 27.4. The molecular weight excluding hydrogens is 755 g/mol. The number of carbonyl (C=O) groups excluding carboxylic acids is 2. The number of esters is 2. The number of ether oxygens (including phenoxy) is 2. The van der Waals surface area contributed by atoms with Crippen LogP contribution in [0.15, 0.2) is 12.2 Å². The summed E-state index contributed by atoms with van der Waals surface area (Å²) in [6.07, 6.45) is 21.3. The van der Waals surface area contributed by atoms with Gasteiger partial charge < -0.3 is 39.9 Å². The third-order valence-electron chi connectivity index (χ3n) is 10.6. The molecule has 14 heteroatoms. The molecule has 6 unspecified atom stereocenters. The summed E-state index contributed by atoms with van der Waals surface area (Å²) in [6, 6.07) is 0. The third kappa shape index (κ3) is 27.1. The fourth-order valence-corrected chi connectivity index (χ4v) is 7.90. The standard InChI is InChI=1S/C43H81O13P/c1-3-5-7-9-11-13-15-17-18-20-21-23-25-27-29-31-36(44)53-33-35(34-54-57(51,52)56-43-41(49)39(47)38(46)40(48)42(43)50)55-37(45)32-30-28-26-24-22-19-16-14-12-10-8-6-4-2/h14,16,35,38-43,46-50H,3-13,15,17-34H2,1-2H3,(H,51,52). The number of allylic oxidation sites excluding steroid dienone is 2. The quantitative estimate of drug-likeness (QED) is 0.0151. The molecule has 13 nitrogen and oxygen atoms in total. The van der Waals surface area contributed by atoms with E-state index in [4.69, 9.17) is 18.5 Å². The maximum Gasteiger partial charge on any atom is 0.472 e. The van der Waals surface area contributed by atoms with E-state index >= 15 is 0 Å². The van der Waals surface area contributed by atoms with Crippen molar-refractivity contribution in [2.45, 2.75) is 236 Å². The van der Waals surface area contributed by atoms with Crippen molar-refractivity contribution in [3.8, 4) is 0 Å². The van der Waals surface area contributed by atoms with Gasteiger partial charge in [-0.2, -0.15) is 0 Å². The smallest absolute Gasteiger partial charge is 0.462 e. The van der Waals surface area contributed by atoms with Gasteiger partial charge in [-0.25, -0.2) is 4.57 Å². The number of hydrogen-bond donors (Lipinski definition) is 6. The van der Waals surface area contributed by atoms with Crippen molar-refractivity contribution < 1.29 is 63.1 Å². The SMILES string of the molecule is CCCCCCC=CCCCCCCCC(=O)OC(COC(=O)CCCCCCCCCCCCCCCCC)COP(=O)(O)OC1C(O)C(O)C(O)C(O)C1O. The van der Waals surface area contributed by atoms with Gasteiger partial charge >= 0.3 is 19.8 Å². The van der Waals surface area contributed by atoms with E-state index < -0.39 is 75.7 Å². The molecule has 57 heavy (non-hydrogen) atoms. The maximum absolute atomic E-state index is 12.8. The topological polar surface area (TPSA) is 210 Å². The lowest BCUT2D eigenvalue weighted by atomic mass is 9.85. The zero-order valence-electron chi connectivity index (χ0n) is 35.4. The van der Waals surface area contributed by atoms with Crippen molar-refractivity contribution in [2.24, 2.45) is 0 Å². The van der Waals surface area contributed by atoms with Crippen LogP contribution in [0.4, 0.5) is 0 Å². The van der Waals surface area contributed by atoms with Crippen LogP contribution in [-0.4, -0.2) is 98.3 Å². The van der Waals surface area contributed by atoms with Gasteiger partial charge in [0, 0.05) is 12.8 Å². The molecule has 6 atom stereocenters. The molecule has 0 saturated heterocycles. The first kappa shape index (κ1) is 53.6. The highest BCUT2D eigenvalue weighted by Crippen LogP contribution is 2.47. The number of unbranched alkanes of at least 4 members (excludes halogenated alkanes) is 23. The highest BCUT2D eigenvalue weighted by Gasteiger charge is 2.51. The Bertz CT molecular complexity index is 1060. The molecule has 0 spiro atoms. The molecule has 0 heterocycles. The fourth-order valence-electron chi connectivity index (χ4n) is 6.93. The molecule has 0 aliphatic heterocycles. The summed E-state index contributed by atoms with van der Waals surface area (Å²) < 4.78 is 33.5. The van der Waals surface area contributed by atoms with Crippen LogP contribution >= 0.6 is 7.82 Å². The summed E-state index contributed by atoms with van der Waals surface area (Å²) in [7, 11) is -5.11. The second-order valence-corrected chi connectivity index (χ2v) is 17.3. The van der Waals surface area contributed by atoms with Gasteiger partial charge in [0.25, 0.3) is 0 Å². The summed E-state index contributed by atoms with van der Waals surface area (Å²) in [5, 5.41) is 50.1. The molecule has 336 valence electrons. The van der Waals surface area contributed by atoms with Crippen molar-refractivity contribution in [3.63, 3.8) is 0 Å². The summed E-state index contributed by atoms with van der Waals surface area (Å²) in [6.45, 7) is 3.28. The first-order valence-corrected chi connectivity index (χ1v) is 24.0. The van der Waals surface area contributed by atoms with Crippen molar-refractivity contribution in [3.05, 3.63) is 12.2 Å². The Morgan fingerprint density at radius 1 is 0.526 bits per heavy atom. The van der Waals surface area contributed by atoms with Gasteiger partial charge in [-0.3, -0.25) is 18.6 Å². The zero-order chi connectivity index (χ0) is 42.2. The molecular formula is C43H81O13P. The summed E-state index contributed by atoms with van der Waals surface area (Å²) in [5.41, 5.74) is 0. The first-order valence-electron chi connectivity index (χ1n) is 22.5. The Morgan fingerprint density at radius 2 is 0.895 bits per heavy atom. The van der Waals surface area contributed by atoms with Crippen LogP contribution in [0.1, 0.15) is 194 Å². The number of phosphoric acid groups is 1. The number of phosphoric ester groups is 1. The summed E-state index contributed by atoms with van der Waals surface area (Å²) in [4.78, 5) is 35.6. The highest BCUT2D eigenvalue weighted by molar-refractivity contribution is 7.47. The molecule has 0 aromatic carbocycles. The van der Waals surface area contributed by atoms with Gasteiger partial charge in [-0.1, -0.05) is 154 Å². The molecule has 0 radical (unpaired) electrons. The molecule has 1 saturated carbocycles. The molecule has 1 fully saturated rings. The monoisotopic (exact) mass is 837 g/mol. The Labute approximate surface area is 343 Å². The van der Waals surface area contributed by atoms with E-state index in [1.165, 1.54) is 96.3 Å². The van der Waals surface area contributed by atoms with Crippen molar-refractivity contribution in [1.29, 1.82) is 0 Å². The Hall–Kier alpha value is -1.41. The Kier molecular flexibility index (Phi) is 32.3. The van der Waals surface area contributed by atoms with Crippen LogP contribution in [-0.2, 0) is 32.7 Å². The number of aliphatic hydroxyl groups is 5. The average molecular weight is 837 g/mol. The Balaban J connectivity index is 2.47. The zero-order valence-corrected chi connectivity index (χ0v) is 36.3. The lowest BCUT2D eigenvalue weighted by Crippen LogP contribution is -2.64. The van der Waals surface area contributed by atoms with Gasteiger partial charge in [-0.15, -0.1) is 0 Å². The van der Waals surface area contributed by atoms with E-state index in [1.54, 1.807) is 0 Å². The molecule has 0 aromatic heterocycles. The van der Waals surface area contributed by atoms with E-state index in [1.807, 2.05) is 0 Å². The third-order valence-corrected chi connectivity index (χ3v) is 11.6. The summed E-state index contributed by atoms with van der Waals surface area (Å²) in [5.74, 6) is -1.10. The lowest BCUT2D eigenvalue weighted by molar-refractivity contribution is -0.220. The predicted octanol–water partition coefficient (Wildman–Crippen LogP) is 8.28. The molecule has 6 N–H and O–H groups in total. The van der Waals surface area contributed by atoms with Crippen molar-refractivity contribution >= 4 is 19.8 Å². The number of hydrogen-bond acceptors (Lipinski definition) is 12. The van der Waals surface area contributed by atoms with E-state index in [0.717, 1.165) is 57.8 Å². The van der Waals surface area contributed by atoms with Crippen LogP contribution in [0, 0.1) is 0 Å². The van der Waals surface area contributed by atoms with Gasteiger partial charge in [0.15, 0.2) is 6.10 Å². The summed E-state index contributed by atoms with van der Waals surface area (Å²) >= 11 is 0. The fraction of sp³-hybridized carbons (Fsp3) is 0.907. The largest absolute Gasteiger partial charge is 0.472 e. The van der Waals surface area contributed by atoms with Crippen LogP contribution in [0.5, 0.6) is 0 Å². The molecule has 1 aliphatic rings. The number of aliphatic hydroxyl groups excluding tert-OH is 5. The second kappa shape index (κ2) is 34.3. The van der Waals surface area contributed by atoms with Gasteiger partial charge in [0.1, 0.15) is 43.2 Å². The van der Waals surface area contributed by atoms with E-state index in [0.29, 0.717) is 12.8 Å². The average Bonchev–Trinajstić information content (AvgIpc) is 3.19. The molecule has 1 rings (SSSR count). The van der Waals surface area contributed by atoms with E-state index in [9.17, 15) is 44.6 Å². The van der Waals surface area contributed by atoms with Crippen molar-refractivity contribution in [2.75, 3.05) is 13.2 Å². The molecule has 0 bridgehead atoms. The molecule has 0 aromatic rings. The van der Waals surface area contributed by atoms with Crippen LogP contribution in [0.2, 0.25) is 0 Å². The predicted molar refractivity (Wildman–Crippen MR) is 221 cm³/mol. The molecule has 0 amide bonds. The van der Waals surface area contributed by atoms with Gasteiger partial charge in [0.2, 0.25) is 0 Å². The van der Waals surface area contributed by atoms with E-state index in [2.05, 4.69) is 26.0 Å². The van der Waals surface area contributed by atoms with Crippen LogP contribution in [0.25, 0.3) is 0 Å². The minimum absolute atomic E-state index is 0.0904. The minimum Gasteiger partial charge on any atom is -0.462 e. The van der Waals surface area contributed by atoms with Gasteiger partial charge in [-0.05, 0) is 38.5 Å². The van der Waals surface area contributed by atoms with E-state index in [-0.39, 0.29) is 12.8 Å². The Morgan fingerprint density at radius 3 is 1.35 bits per heavy atom. The van der Waals surface area contributed by atoms with Gasteiger partial charge in [0.05, 0.1) is 6.61 Å². The normalized spacial score (nSPS) is 22.7. The lowest BCUT2D eigenvalue weighted by Gasteiger charge is -2.41. The number of rotatable bonds is 37. The van der Waals surface area contributed by atoms with Crippen molar-refractivity contribution in [1.82, 2.24) is 0 Å². The van der Waals surface area contributed by atoms with Crippen LogP contribution in [0.3, 0.4) is 0 Å². The maximum atomic E-state index is 12.8. The second-order valence-electron chi connectivity index (χ2n) is 15.9. The number of carbonyl (C=O) groups is 2. The highest BCUT2D eigenvalue weighted by atomic mass is 31.2. The minimum atomic E-state index is -5.11. The molecule has 1 aliphatic carbocycles. The van der Waals surface area contributed by atoms with Crippen LogP contribution < -0.4 is 0 Å².